The van der Waals surface area contributed by atoms with Crippen molar-refractivity contribution in [2.24, 2.45) is 0 Å². The van der Waals surface area contributed by atoms with Gasteiger partial charge in [0.15, 0.2) is 41.5 Å². The quantitative estimate of drug-likeness (QED) is 0.0706. The second-order valence-corrected chi connectivity index (χ2v) is 11.5. The fourth-order valence-electron chi connectivity index (χ4n) is 5.37. The van der Waals surface area contributed by atoms with E-state index in [-0.39, 0.29) is 23.0 Å². The van der Waals surface area contributed by atoms with Crippen LogP contribution in [0.15, 0.2) is 48.6 Å². The van der Waals surface area contributed by atoms with Crippen molar-refractivity contribution in [3.05, 3.63) is 59.7 Å². The Morgan fingerprint density at radius 2 is 1.38 bits per heavy atom. The van der Waals surface area contributed by atoms with Crippen molar-refractivity contribution in [2.45, 2.75) is 61.7 Å². The van der Waals surface area contributed by atoms with E-state index < -0.39 is 92.5 Å². The van der Waals surface area contributed by atoms with E-state index in [1.54, 1.807) is 0 Å². The Bertz CT molecular complexity index is 1630. The molecular formula is C34H40O18. The van der Waals surface area contributed by atoms with Crippen LogP contribution < -0.4 is 9.47 Å². The van der Waals surface area contributed by atoms with Crippen LogP contribution in [0.5, 0.6) is 23.0 Å². The number of hydrogen-bond acceptors (Lipinski definition) is 18. The first-order chi connectivity index (χ1) is 24.7. The molecule has 2 saturated heterocycles. The first kappa shape index (κ1) is 40.0. The molecule has 18 nitrogen and oxygen atoms in total. The summed E-state index contributed by atoms with van der Waals surface area (Å²) in [5.74, 6) is -5.38. The normalized spacial score (nSPS) is 28.8. The van der Waals surface area contributed by atoms with Crippen LogP contribution in [0, 0.1) is 0 Å². The molecule has 0 aliphatic carbocycles. The van der Waals surface area contributed by atoms with Crippen molar-refractivity contribution in [3.63, 3.8) is 0 Å². The predicted molar refractivity (Wildman–Crippen MR) is 173 cm³/mol. The van der Waals surface area contributed by atoms with Gasteiger partial charge in [-0.05, 0) is 47.5 Å². The number of phenols is 2. The Morgan fingerprint density at radius 3 is 1.90 bits per heavy atom. The van der Waals surface area contributed by atoms with E-state index in [2.05, 4.69) is 0 Å². The van der Waals surface area contributed by atoms with Gasteiger partial charge in [-0.2, -0.15) is 0 Å². The van der Waals surface area contributed by atoms with Crippen molar-refractivity contribution in [3.8, 4) is 23.0 Å². The van der Waals surface area contributed by atoms with Crippen LogP contribution in [-0.4, -0.2) is 142 Å². The highest BCUT2D eigenvalue weighted by molar-refractivity contribution is 5.88. The number of rotatable bonds is 14. The molecule has 18 heteroatoms. The third-order valence-electron chi connectivity index (χ3n) is 8.00. The molecule has 0 spiro atoms. The predicted octanol–water partition coefficient (Wildman–Crippen LogP) is -0.868. The van der Waals surface area contributed by atoms with E-state index in [4.69, 9.17) is 37.9 Å². The molecule has 284 valence electrons. The number of methoxy groups -OCH3 is 2. The molecule has 0 aromatic heterocycles. The molecule has 0 amide bonds. The molecule has 2 aromatic carbocycles. The van der Waals surface area contributed by atoms with Crippen LogP contribution in [0.2, 0.25) is 0 Å². The van der Waals surface area contributed by atoms with Crippen LogP contribution in [0.4, 0.5) is 0 Å². The lowest BCUT2D eigenvalue weighted by atomic mass is 9.98. The Balaban J connectivity index is 1.52. The highest BCUT2D eigenvalue weighted by Gasteiger charge is 2.62. The molecule has 9 atom stereocenters. The average Bonchev–Trinajstić information content (AvgIpc) is 3.41. The zero-order chi connectivity index (χ0) is 38.2. The third kappa shape index (κ3) is 9.35. The summed E-state index contributed by atoms with van der Waals surface area (Å²) in [6.45, 7) is -1.64. The number of aliphatic hydroxyl groups excluding tert-OH is 5. The molecule has 52 heavy (non-hydrogen) atoms. The van der Waals surface area contributed by atoms with Gasteiger partial charge in [-0.25, -0.2) is 9.59 Å². The van der Waals surface area contributed by atoms with Crippen molar-refractivity contribution >= 4 is 30.1 Å². The Labute approximate surface area is 296 Å². The Hall–Kier alpha value is -4.79. The fraction of sp³-hybridized carbons (Fsp3) is 0.441. The van der Waals surface area contributed by atoms with E-state index in [1.165, 1.54) is 62.8 Å². The SMILES string of the molecule is COc1cc(C=CC(=O)OC[C@H]2O[C@H](O[C@]3(CO)O[C@H](CO)[C@@H](OC(C)=O)[C@@H]3OC(=O)C=Cc3ccc(O)c(OC)c3)[C@H](O)[C@@H](O)[C@@H]2O)ccc1O. The molecule has 2 aliphatic heterocycles. The third-order valence-corrected chi connectivity index (χ3v) is 8.00. The zero-order valence-electron chi connectivity index (χ0n) is 28.1. The largest absolute Gasteiger partial charge is 0.504 e. The summed E-state index contributed by atoms with van der Waals surface area (Å²) in [4.78, 5) is 37.5. The number of aromatic hydroxyl groups is 2. The second kappa shape index (κ2) is 17.6. The minimum atomic E-state index is -2.51. The van der Waals surface area contributed by atoms with Gasteiger partial charge < -0.3 is 73.6 Å². The smallest absolute Gasteiger partial charge is 0.331 e. The van der Waals surface area contributed by atoms with Gasteiger partial charge in [0.1, 0.15) is 43.7 Å². The first-order valence-electron chi connectivity index (χ1n) is 15.7. The molecule has 0 bridgehead atoms. The number of carbonyl (C=O) groups excluding carboxylic acids is 3. The number of aliphatic hydroxyl groups is 5. The first-order valence-corrected chi connectivity index (χ1v) is 15.7. The average molecular weight is 737 g/mol. The molecule has 0 radical (unpaired) electrons. The highest BCUT2D eigenvalue weighted by atomic mass is 16.8. The van der Waals surface area contributed by atoms with Crippen molar-refractivity contribution in [1.29, 1.82) is 0 Å². The maximum absolute atomic E-state index is 13.1. The van der Waals surface area contributed by atoms with Gasteiger partial charge in [0.05, 0.1) is 20.8 Å². The van der Waals surface area contributed by atoms with Crippen molar-refractivity contribution < 1.29 is 88.0 Å². The van der Waals surface area contributed by atoms with Crippen LogP contribution in [-0.2, 0) is 42.8 Å². The standard InChI is InChI=1S/C34H40O18/c1-17(37)48-31-24(14-35)51-34(16-36,32(31)50-27(41)11-7-19-5-9-21(39)23(13-19)46-3)52-33-30(44)29(43)28(42)25(49-33)15-47-26(40)10-6-18-4-8-20(38)22(12-18)45-2/h4-13,24-25,28-33,35-36,38-39,42-44H,14-16H2,1-3H3/t24-,25-,28-,29+,30-,31-,32+,33-,34+/m1/s1. The molecule has 7 N–H and O–H groups in total. The van der Waals surface area contributed by atoms with E-state index in [0.717, 1.165) is 19.1 Å². The summed E-state index contributed by atoms with van der Waals surface area (Å²) < 4.78 is 43.2. The van der Waals surface area contributed by atoms with Gasteiger partial charge in [-0.15, -0.1) is 0 Å². The van der Waals surface area contributed by atoms with Crippen LogP contribution in [0.25, 0.3) is 12.2 Å². The number of phenolic OH excluding ortho intramolecular Hbond substituents is 2. The van der Waals surface area contributed by atoms with E-state index >= 15 is 0 Å². The lowest BCUT2D eigenvalue weighted by Crippen LogP contribution is -2.63. The highest BCUT2D eigenvalue weighted by Crippen LogP contribution is 2.39. The van der Waals surface area contributed by atoms with Crippen molar-refractivity contribution in [2.75, 3.05) is 34.0 Å². The molecule has 2 aromatic rings. The summed E-state index contributed by atoms with van der Waals surface area (Å²) >= 11 is 0. The zero-order valence-corrected chi connectivity index (χ0v) is 28.1. The van der Waals surface area contributed by atoms with Gasteiger partial charge in [0.25, 0.3) is 0 Å². The molecular weight excluding hydrogens is 696 g/mol. The number of carbonyl (C=O) groups is 3. The summed E-state index contributed by atoms with van der Waals surface area (Å²) in [5.41, 5.74) is 0.871. The fourth-order valence-corrected chi connectivity index (χ4v) is 5.37. The lowest BCUT2D eigenvalue weighted by molar-refractivity contribution is -0.383. The summed E-state index contributed by atoms with van der Waals surface area (Å²) in [6, 6.07) is 8.51. The second-order valence-electron chi connectivity index (χ2n) is 11.5. The molecule has 0 saturated carbocycles. The maximum Gasteiger partial charge on any atom is 0.331 e. The minimum absolute atomic E-state index is 0.115. The molecule has 4 rings (SSSR count). The van der Waals surface area contributed by atoms with Gasteiger partial charge >= 0.3 is 17.9 Å². The lowest BCUT2D eigenvalue weighted by Gasteiger charge is -2.43. The molecule has 2 aliphatic rings. The topological polar surface area (TPSA) is 267 Å². The van der Waals surface area contributed by atoms with Crippen molar-refractivity contribution in [1.82, 2.24) is 0 Å². The maximum atomic E-state index is 13.1. The summed E-state index contributed by atoms with van der Waals surface area (Å²) in [5, 5.41) is 72.2. The number of ether oxygens (including phenoxy) is 8. The van der Waals surface area contributed by atoms with Gasteiger partial charge in [0.2, 0.25) is 5.79 Å². The van der Waals surface area contributed by atoms with Gasteiger partial charge in [0, 0.05) is 19.1 Å². The van der Waals surface area contributed by atoms with Crippen LogP contribution >= 0.6 is 0 Å². The molecule has 2 heterocycles. The number of benzene rings is 2. The summed E-state index contributed by atoms with van der Waals surface area (Å²) in [6.07, 6.45) is -9.54. The monoisotopic (exact) mass is 736 g/mol. The molecule has 2 fully saturated rings. The Morgan fingerprint density at radius 1 is 0.808 bits per heavy atom. The van der Waals surface area contributed by atoms with Crippen LogP contribution in [0.3, 0.4) is 0 Å². The minimum Gasteiger partial charge on any atom is -0.504 e. The van der Waals surface area contributed by atoms with Gasteiger partial charge in [-0.3, -0.25) is 4.79 Å². The number of hydrogen-bond donors (Lipinski definition) is 7. The molecule has 0 unspecified atom stereocenters. The summed E-state index contributed by atoms with van der Waals surface area (Å²) in [7, 11) is 2.68. The van der Waals surface area contributed by atoms with E-state index in [1.807, 2.05) is 0 Å². The number of esters is 3. The Kier molecular flexibility index (Phi) is 13.6. The van der Waals surface area contributed by atoms with Gasteiger partial charge in [-0.1, -0.05) is 12.1 Å². The van der Waals surface area contributed by atoms with Crippen LogP contribution in [0.1, 0.15) is 18.1 Å². The van der Waals surface area contributed by atoms with E-state index in [9.17, 15) is 50.1 Å². The van der Waals surface area contributed by atoms with E-state index in [0.29, 0.717) is 11.1 Å².